The van der Waals surface area contributed by atoms with Gasteiger partial charge in [-0.15, -0.1) is 0 Å². The van der Waals surface area contributed by atoms with Gasteiger partial charge >= 0.3 is 5.63 Å². The van der Waals surface area contributed by atoms with Gasteiger partial charge in [-0.1, -0.05) is 36.3 Å². The number of allylic oxidation sites excluding steroid dienone is 4. The molecule has 0 bridgehead atoms. The van der Waals surface area contributed by atoms with Gasteiger partial charge in [-0.25, -0.2) is 4.79 Å². The van der Waals surface area contributed by atoms with Gasteiger partial charge in [0.15, 0.2) is 5.75 Å². The smallest absolute Gasteiger partial charge is 0.383 e. The van der Waals surface area contributed by atoms with Crippen molar-refractivity contribution in [1.82, 2.24) is 0 Å². The number of rotatable bonds is 12. The van der Waals surface area contributed by atoms with Gasteiger partial charge < -0.3 is 18.6 Å². The van der Waals surface area contributed by atoms with E-state index in [9.17, 15) is 4.79 Å². The summed E-state index contributed by atoms with van der Waals surface area (Å²) in [5, 5.41) is 0.678. The van der Waals surface area contributed by atoms with Crippen LogP contribution >= 0.6 is 0 Å². The van der Waals surface area contributed by atoms with Crippen molar-refractivity contribution in [3.63, 3.8) is 0 Å². The molecule has 1 aromatic carbocycles. The van der Waals surface area contributed by atoms with E-state index in [0.29, 0.717) is 35.7 Å². The average Bonchev–Trinajstić information content (AvgIpc) is 2.73. The minimum absolute atomic E-state index is 0.0792. The minimum Gasteiger partial charge on any atom is -0.489 e. The number of benzene rings is 1. The quantitative estimate of drug-likeness (QED) is 0.217. The topological polar surface area (TPSA) is 57.9 Å². The van der Waals surface area contributed by atoms with Crippen molar-refractivity contribution in [2.45, 2.75) is 53.4 Å². The highest BCUT2D eigenvalue weighted by molar-refractivity contribution is 5.86. The van der Waals surface area contributed by atoms with E-state index in [1.54, 1.807) is 6.07 Å². The maximum Gasteiger partial charge on any atom is 0.383 e. The first-order valence-electron chi connectivity index (χ1n) is 10.8. The Hall–Kier alpha value is -2.95. The van der Waals surface area contributed by atoms with E-state index in [1.807, 2.05) is 12.1 Å². The zero-order valence-corrected chi connectivity index (χ0v) is 19.3. The van der Waals surface area contributed by atoms with Crippen LogP contribution in [-0.2, 0) is 0 Å². The average molecular weight is 427 g/mol. The largest absolute Gasteiger partial charge is 0.489 e. The van der Waals surface area contributed by atoms with Crippen molar-refractivity contribution in [3.05, 3.63) is 64.1 Å². The summed E-state index contributed by atoms with van der Waals surface area (Å²) in [6.45, 7) is 9.30. The van der Waals surface area contributed by atoms with Crippen molar-refractivity contribution < 1.29 is 18.6 Å². The molecule has 0 radical (unpaired) electrons. The highest BCUT2D eigenvalue weighted by Crippen LogP contribution is 2.34. The standard InChI is InChI=1S/C26H34O5/c1-6-7-8-9-16-30-24-22-14-13-21(18-23(22)31-26(27)25(24)28-5)29-17-15-20(4)12-10-11-19(2)3/h7-8,11,13-15,18H,6,9-10,12,16-17H2,1-5H3/b8-7+,20-15+. The van der Waals surface area contributed by atoms with Crippen LogP contribution in [-0.4, -0.2) is 20.3 Å². The van der Waals surface area contributed by atoms with Crippen LogP contribution in [0, 0.1) is 0 Å². The monoisotopic (exact) mass is 426 g/mol. The molecule has 0 fully saturated rings. The number of hydrogen-bond donors (Lipinski definition) is 0. The van der Waals surface area contributed by atoms with Crippen LogP contribution in [0.5, 0.6) is 17.2 Å². The Labute approximate surface area is 185 Å². The molecule has 0 atom stereocenters. The maximum absolute atomic E-state index is 12.3. The normalized spacial score (nSPS) is 11.7. The summed E-state index contributed by atoms with van der Waals surface area (Å²) < 4.78 is 22.4. The van der Waals surface area contributed by atoms with Gasteiger partial charge in [0.25, 0.3) is 0 Å². The lowest BCUT2D eigenvalue weighted by Crippen LogP contribution is -2.08. The van der Waals surface area contributed by atoms with Gasteiger partial charge in [-0.05, 0) is 64.7 Å². The molecular formula is C26H34O5. The summed E-state index contributed by atoms with van der Waals surface area (Å²) >= 11 is 0. The fraction of sp³-hybridized carbons (Fsp3) is 0.423. The van der Waals surface area contributed by atoms with Gasteiger partial charge in [0.1, 0.15) is 17.9 Å². The summed E-state index contributed by atoms with van der Waals surface area (Å²) in [5.74, 6) is 1.11. The first-order valence-corrected chi connectivity index (χ1v) is 10.8. The molecule has 0 unspecified atom stereocenters. The Morgan fingerprint density at radius 2 is 1.84 bits per heavy atom. The van der Waals surface area contributed by atoms with E-state index in [0.717, 1.165) is 25.7 Å². The molecular weight excluding hydrogens is 392 g/mol. The van der Waals surface area contributed by atoms with Crippen LogP contribution in [0.2, 0.25) is 0 Å². The summed E-state index contributed by atoms with van der Waals surface area (Å²) in [4.78, 5) is 12.3. The van der Waals surface area contributed by atoms with Crippen LogP contribution < -0.4 is 19.8 Å². The molecule has 0 saturated carbocycles. The molecule has 2 rings (SSSR count). The molecule has 0 N–H and O–H groups in total. The summed E-state index contributed by atoms with van der Waals surface area (Å²) in [7, 11) is 1.44. The molecule has 2 aromatic rings. The third kappa shape index (κ3) is 7.67. The molecule has 1 aromatic heterocycles. The highest BCUT2D eigenvalue weighted by Gasteiger charge is 2.17. The van der Waals surface area contributed by atoms with E-state index < -0.39 is 5.63 Å². The Kier molecular flexibility index (Phi) is 9.95. The Bertz CT molecular complexity index is 991. The summed E-state index contributed by atoms with van der Waals surface area (Å²) in [5.41, 5.74) is 2.45. The number of methoxy groups -OCH3 is 1. The van der Waals surface area contributed by atoms with Crippen LogP contribution in [0.3, 0.4) is 0 Å². The van der Waals surface area contributed by atoms with Crippen molar-refractivity contribution >= 4 is 11.0 Å². The van der Waals surface area contributed by atoms with Crippen LogP contribution in [0.15, 0.2) is 62.9 Å². The first kappa shape index (κ1) is 24.3. The molecule has 0 amide bonds. The molecule has 0 aliphatic heterocycles. The van der Waals surface area contributed by atoms with Gasteiger partial charge in [0.2, 0.25) is 5.75 Å². The van der Waals surface area contributed by atoms with Crippen molar-refractivity contribution in [2.75, 3.05) is 20.3 Å². The predicted octanol–water partition coefficient (Wildman–Crippen LogP) is 6.61. The fourth-order valence-corrected chi connectivity index (χ4v) is 3.03. The minimum atomic E-state index is -0.568. The SMILES string of the molecule is CC/C=C/CCOc1c(OC)c(=O)oc2cc(OC/C=C(\C)CCC=C(C)C)ccc12. The number of hydrogen-bond acceptors (Lipinski definition) is 5. The van der Waals surface area contributed by atoms with Crippen molar-refractivity contribution in [1.29, 1.82) is 0 Å². The summed E-state index contributed by atoms with van der Waals surface area (Å²) in [6.07, 6.45) is 12.2. The molecule has 168 valence electrons. The fourth-order valence-electron chi connectivity index (χ4n) is 3.03. The first-order chi connectivity index (χ1) is 15.0. The summed E-state index contributed by atoms with van der Waals surface area (Å²) in [6, 6.07) is 5.39. The Morgan fingerprint density at radius 1 is 1.03 bits per heavy atom. The molecule has 0 aliphatic carbocycles. The van der Waals surface area contributed by atoms with E-state index >= 15 is 0 Å². The molecule has 0 saturated heterocycles. The molecule has 5 nitrogen and oxygen atoms in total. The maximum atomic E-state index is 12.3. The Balaban J connectivity index is 2.13. The second-order valence-electron chi connectivity index (χ2n) is 7.61. The van der Waals surface area contributed by atoms with Crippen molar-refractivity contribution in [2.24, 2.45) is 0 Å². The molecule has 1 heterocycles. The van der Waals surface area contributed by atoms with Crippen molar-refractivity contribution in [3.8, 4) is 17.2 Å². The van der Waals surface area contributed by atoms with Gasteiger partial charge in [0.05, 0.1) is 19.1 Å². The zero-order valence-electron chi connectivity index (χ0n) is 19.3. The second kappa shape index (κ2) is 12.7. The predicted molar refractivity (Wildman–Crippen MR) is 126 cm³/mol. The van der Waals surface area contributed by atoms with E-state index in [4.69, 9.17) is 18.6 Å². The van der Waals surface area contributed by atoms with E-state index in [-0.39, 0.29) is 5.75 Å². The van der Waals surface area contributed by atoms with E-state index in [1.165, 1.54) is 18.3 Å². The van der Waals surface area contributed by atoms with Crippen LogP contribution in [0.1, 0.15) is 53.4 Å². The van der Waals surface area contributed by atoms with Crippen LogP contribution in [0.4, 0.5) is 0 Å². The lowest BCUT2D eigenvalue weighted by atomic mass is 10.1. The second-order valence-corrected chi connectivity index (χ2v) is 7.61. The molecule has 0 aliphatic rings. The van der Waals surface area contributed by atoms with Gasteiger partial charge in [0, 0.05) is 6.07 Å². The number of ether oxygens (including phenoxy) is 3. The third-order valence-corrected chi connectivity index (χ3v) is 4.70. The van der Waals surface area contributed by atoms with Gasteiger partial charge in [-0.3, -0.25) is 0 Å². The third-order valence-electron chi connectivity index (χ3n) is 4.70. The molecule has 31 heavy (non-hydrogen) atoms. The molecule has 5 heteroatoms. The van der Waals surface area contributed by atoms with E-state index in [2.05, 4.69) is 52.0 Å². The lowest BCUT2D eigenvalue weighted by Gasteiger charge is -2.12. The highest BCUT2D eigenvalue weighted by atomic mass is 16.5. The van der Waals surface area contributed by atoms with Gasteiger partial charge in [-0.2, -0.15) is 0 Å². The van der Waals surface area contributed by atoms with Crippen LogP contribution in [0.25, 0.3) is 11.0 Å². The molecule has 0 spiro atoms. The number of fused-ring (bicyclic) bond motifs is 1. The lowest BCUT2D eigenvalue weighted by molar-refractivity contribution is 0.293. The zero-order chi connectivity index (χ0) is 22.6. The Morgan fingerprint density at radius 3 is 2.55 bits per heavy atom.